The Balaban J connectivity index is 1.65. The third-order valence-electron chi connectivity index (χ3n) is 4.89. The monoisotopic (exact) mass is 417 g/mol. The van der Waals surface area contributed by atoms with Crippen LogP contribution in [0.25, 0.3) is 5.57 Å². The predicted octanol–water partition coefficient (Wildman–Crippen LogP) is 6.04. The normalized spacial score (nSPS) is 19.1. The Morgan fingerprint density at radius 1 is 1.18 bits per heavy atom. The summed E-state index contributed by atoms with van der Waals surface area (Å²) in [7, 11) is 0. The number of amides is 1. The lowest BCUT2D eigenvalue weighted by Gasteiger charge is -2.51. The van der Waals surface area contributed by atoms with Crippen LogP contribution in [0.5, 0.6) is 5.75 Å². The fourth-order valence-electron chi connectivity index (χ4n) is 3.65. The van der Waals surface area contributed by atoms with Crippen LogP contribution in [0.3, 0.4) is 0 Å². The SMILES string of the molecule is CC(C)(C)OC(=O)N1CC2(CC=C(c3cc(Cl)cc(OC(F)(F)F)c3)CC2)C1. The number of benzene rings is 1. The molecule has 28 heavy (non-hydrogen) atoms. The maximum Gasteiger partial charge on any atom is 0.573 e. The van der Waals surface area contributed by atoms with Crippen LogP contribution in [0.1, 0.15) is 45.6 Å². The van der Waals surface area contributed by atoms with E-state index in [1.807, 2.05) is 26.8 Å². The molecule has 0 radical (unpaired) electrons. The van der Waals surface area contributed by atoms with Crippen LogP contribution in [0.4, 0.5) is 18.0 Å². The van der Waals surface area contributed by atoms with Gasteiger partial charge in [-0.1, -0.05) is 17.7 Å². The Kier molecular flexibility index (Phi) is 5.34. The Morgan fingerprint density at radius 2 is 1.86 bits per heavy atom. The van der Waals surface area contributed by atoms with Crippen molar-refractivity contribution in [2.75, 3.05) is 13.1 Å². The third-order valence-corrected chi connectivity index (χ3v) is 5.10. The summed E-state index contributed by atoms with van der Waals surface area (Å²) in [6, 6.07) is 4.15. The van der Waals surface area contributed by atoms with E-state index >= 15 is 0 Å². The van der Waals surface area contributed by atoms with Crippen molar-refractivity contribution in [2.24, 2.45) is 5.41 Å². The van der Waals surface area contributed by atoms with Crippen LogP contribution in [-0.4, -0.2) is 36.0 Å². The van der Waals surface area contributed by atoms with Gasteiger partial charge in [-0.25, -0.2) is 4.79 Å². The van der Waals surface area contributed by atoms with Gasteiger partial charge in [-0.05, 0) is 69.4 Å². The van der Waals surface area contributed by atoms with E-state index in [4.69, 9.17) is 16.3 Å². The number of carbonyl (C=O) groups excluding carboxylic acids is 1. The lowest BCUT2D eigenvalue weighted by atomic mass is 9.69. The van der Waals surface area contributed by atoms with Crippen molar-refractivity contribution in [3.05, 3.63) is 34.9 Å². The number of likely N-dealkylation sites (tertiary alicyclic amines) is 1. The molecule has 1 fully saturated rings. The molecule has 3 rings (SSSR count). The van der Waals surface area contributed by atoms with Crippen LogP contribution in [0.15, 0.2) is 24.3 Å². The second-order valence-corrected chi connectivity index (χ2v) is 8.93. The maximum absolute atomic E-state index is 12.5. The van der Waals surface area contributed by atoms with E-state index in [0.29, 0.717) is 25.1 Å². The fourth-order valence-corrected chi connectivity index (χ4v) is 3.88. The molecule has 2 aliphatic rings. The molecule has 0 N–H and O–H groups in total. The first kappa shape index (κ1) is 20.8. The highest BCUT2D eigenvalue weighted by Crippen LogP contribution is 2.46. The number of hydrogen-bond donors (Lipinski definition) is 0. The van der Waals surface area contributed by atoms with Gasteiger partial charge >= 0.3 is 12.5 Å². The van der Waals surface area contributed by atoms with Crippen molar-refractivity contribution in [2.45, 2.75) is 52.0 Å². The van der Waals surface area contributed by atoms with E-state index in [9.17, 15) is 18.0 Å². The highest BCUT2D eigenvalue weighted by atomic mass is 35.5. The van der Waals surface area contributed by atoms with E-state index in [0.717, 1.165) is 24.5 Å². The van der Waals surface area contributed by atoms with Gasteiger partial charge in [0.25, 0.3) is 0 Å². The molecule has 1 saturated heterocycles. The van der Waals surface area contributed by atoms with Crippen LogP contribution in [0, 0.1) is 5.41 Å². The van der Waals surface area contributed by atoms with Crippen molar-refractivity contribution in [3.63, 3.8) is 0 Å². The number of nitrogens with zero attached hydrogens (tertiary/aromatic N) is 1. The van der Waals surface area contributed by atoms with E-state index in [2.05, 4.69) is 4.74 Å². The quantitative estimate of drug-likeness (QED) is 0.588. The highest BCUT2D eigenvalue weighted by molar-refractivity contribution is 6.30. The zero-order valence-electron chi connectivity index (χ0n) is 16.0. The molecule has 1 aliphatic carbocycles. The molecule has 1 amide bonds. The van der Waals surface area contributed by atoms with Crippen molar-refractivity contribution >= 4 is 23.3 Å². The molecule has 4 nitrogen and oxygen atoms in total. The Bertz CT molecular complexity index is 793. The average Bonchev–Trinajstić information content (AvgIpc) is 2.48. The third kappa shape index (κ3) is 5.13. The first-order valence-electron chi connectivity index (χ1n) is 9.08. The van der Waals surface area contributed by atoms with Crippen LogP contribution in [-0.2, 0) is 4.74 Å². The molecule has 0 atom stereocenters. The number of halogens is 4. The smallest absolute Gasteiger partial charge is 0.444 e. The molecule has 0 bridgehead atoms. The molecule has 0 unspecified atom stereocenters. The van der Waals surface area contributed by atoms with Gasteiger partial charge in [-0.2, -0.15) is 0 Å². The van der Waals surface area contributed by atoms with Gasteiger partial charge < -0.3 is 14.4 Å². The number of ether oxygens (including phenoxy) is 2. The molecular weight excluding hydrogens is 395 g/mol. The van der Waals surface area contributed by atoms with Gasteiger partial charge in [0.2, 0.25) is 0 Å². The number of allylic oxidation sites excluding steroid dienone is 2. The Labute approximate surface area is 167 Å². The topological polar surface area (TPSA) is 38.8 Å². The molecule has 1 aromatic carbocycles. The van der Waals surface area contributed by atoms with Crippen LogP contribution < -0.4 is 4.74 Å². The lowest BCUT2D eigenvalue weighted by molar-refractivity contribution is -0.274. The van der Waals surface area contributed by atoms with Gasteiger partial charge in [-0.3, -0.25) is 0 Å². The van der Waals surface area contributed by atoms with Gasteiger partial charge in [0, 0.05) is 23.5 Å². The lowest BCUT2D eigenvalue weighted by Crippen LogP contribution is -2.59. The first-order chi connectivity index (χ1) is 12.8. The van der Waals surface area contributed by atoms with E-state index in [1.54, 1.807) is 11.0 Å². The zero-order valence-corrected chi connectivity index (χ0v) is 16.8. The summed E-state index contributed by atoms with van der Waals surface area (Å²) < 4.78 is 46.8. The van der Waals surface area contributed by atoms with Crippen molar-refractivity contribution in [3.8, 4) is 5.75 Å². The summed E-state index contributed by atoms with van der Waals surface area (Å²) in [4.78, 5) is 13.8. The summed E-state index contributed by atoms with van der Waals surface area (Å²) in [6.07, 6.45) is -0.739. The zero-order chi connectivity index (χ0) is 20.7. The molecule has 1 heterocycles. The summed E-state index contributed by atoms with van der Waals surface area (Å²) in [5.41, 5.74) is 1.06. The number of rotatable bonds is 2. The average molecular weight is 418 g/mol. The number of carbonyl (C=O) groups is 1. The predicted molar refractivity (Wildman–Crippen MR) is 100 cm³/mol. The fraction of sp³-hybridized carbons (Fsp3) is 0.550. The maximum atomic E-state index is 12.5. The molecule has 8 heteroatoms. The van der Waals surface area contributed by atoms with Gasteiger partial charge in [0.05, 0.1) is 0 Å². The van der Waals surface area contributed by atoms with Crippen LogP contribution >= 0.6 is 11.6 Å². The summed E-state index contributed by atoms with van der Waals surface area (Å²) in [5, 5.41) is 0.192. The minimum atomic E-state index is -4.76. The first-order valence-corrected chi connectivity index (χ1v) is 9.46. The molecule has 154 valence electrons. The molecule has 1 aromatic rings. The van der Waals surface area contributed by atoms with E-state index in [-0.39, 0.29) is 22.3 Å². The Morgan fingerprint density at radius 3 is 2.39 bits per heavy atom. The summed E-state index contributed by atoms with van der Waals surface area (Å²) >= 11 is 5.97. The molecule has 0 saturated carbocycles. The second-order valence-electron chi connectivity index (χ2n) is 8.49. The van der Waals surface area contributed by atoms with E-state index < -0.39 is 12.0 Å². The number of hydrogen-bond acceptors (Lipinski definition) is 3. The van der Waals surface area contributed by atoms with Crippen molar-refractivity contribution in [1.29, 1.82) is 0 Å². The van der Waals surface area contributed by atoms with E-state index in [1.165, 1.54) is 6.07 Å². The van der Waals surface area contributed by atoms with Crippen molar-refractivity contribution < 1.29 is 27.4 Å². The molecule has 1 spiro atoms. The molecule has 1 aliphatic heterocycles. The van der Waals surface area contributed by atoms with Gasteiger partial charge in [-0.15, -0.1) is 13.2 Å². The minimum Gasteiger partial charge on any atom is -0.444 e. The standard InChI is InChI=1S/C20H23ClF3NO3/c1-18(2,3)28-17(26)25-11-19(12-25)6-4-13(5-7-19)14-8-15(21)10-16(9-14)27-20(22,23)24/h4,8-10H,5-7,11-12H2,1-3H3. The highest BCUT2D eigenvalue weighted by Gasteiger charge is 2.46. The Hall–Kier alpha value is -1.89. The second kappa shape index (κ2) is 7.17. The summed E-state index contributed by atoms with van der Waals surface area (Å²) in [5.74, 6) is -0.323. The van der Waals surface area contributed by atoms with Gasteiger partial charge in [0.15, 0.2) is 0 Å². The molecule has 0 aromatic heterocycles. The van der Waals surface area contributed by atoms with Crippen LogP contribution in [0.2, 0.25) is 5.02 Å². The van der Waals surface area contributed by atoms with Gasteiger partial charge in [0.1, 0.15) is 11.4 Å². The number of alkyl halides is 3. The van der Waals surface area contributed by atoms with Crippen molar-refractivity contribution in [1.82, 2.24) is 4.90 Å². The minimum absolute atomic E-state index is 0.0181. The summed E-state index contributed by atoms with van der Waals surface area (Å²) in [6.45, 7) is 6.75. The molecular formula is C20H23ClF3NO3. The largest absolute Gasteiger partial charge is 0.573 e.